The molecule has 1 aliphatic rings. The molecule has 3 nitrogen and oxygen atoms in total. The van der Waals surface area contributed by atoms with Gasteiger partial charge in [0.1, 0.15) is 11.4 Å². The number of aromatic nitrogens is 3. The zero-order valence-corrected chi connectivity index (χ0v) is 8.92. The Labute approximate surface area is 91.4 Å². The lowest BCUT2D eigenvalue weighted by molar-refractivity contribution is 0.135. The summed E-state index contributed by atoms with van der Waals surface area (Å²) in [5.41, 5.74) is 0.107. The van der Waals surface area contributed by atoms with Gasteiger partial charge in [-0.3, -0.25) is 0 Å². The van der Waals surface area contributed by atoms with Gasteiger partial charge in [0, 0.05) is 0 Å². The van der Waals surface area contributed by atoms with Crippen LogP contribution in [0.5, 0.6) is 0 Å². The van der Waals surface area contributed by atoms with Gasteiger partial charge < -0.3 is 0 Å². The van der Waals surface area contributed by atoms with E-state index in [1.54, 1.807) is 0 Å². The largest absolute Gasteiger partial charge is 0.281 e. The molecule has 0 radical (unpaired) electrons. The smallest absolute Gasteiger partial charge is 0.240 e. The topological polar surface area (TPSA) is 30.7 Å². The normalized spacial score (nSPS) is 17.9. The van der Waals surface area contributed by atoms with Gasteiger partial charge in [-0.1, -0.05) is 18.1 Å². The first-order valence-corrected chi connectivity index (χ1v) is 5.55. The zero-order chi connectivity index (χ0) is 10.8. The number of hydrogen-bond acceptors (Lipinski definition) is 2. The number of nitrogens with zero attached hydrogens (tertiary/aromatic N) is 3. The number of alkyl halides is 3. The van der Waals surface area contributed by atoms with Crippen LogP contribution < -0.4 is 0 Å². The molecule has 0 unspecified atom stereocenters. The third-order valence-electron chi connectivity index (χ3n) is 2.81. The molecule has 1 aliphatic carbocycles. The predicted octanol–water partition coefficient (Wildman–Crippen LogP) is 3.07. The molecule has 1 aromatic rings. The molecular formula is C9H12ClF2N3. The van der Waals surface area contributed by atoms with Gasteiger partial charge in [-0.05, 0) is 12.8 Å². The van der Waals surface area contributed by atoms with E-state index in [2.05, 4.69) is 10.3 Å². The fourth-order valence-electron chi connectivity index (χ4n) is 2.07. The van der Waals surface area contributed by atoms with E-state index in [4.69, 9.17) is 11.6 Å². The lowest BCUT2D eigenvalue weighted by atomic mass is 10.2. The quantitative estimate of drug-likeness (QED) is 0.754. The Morgan fingerprint density at radius 1 is 1.40 bits per heavy atom. The first-order chi connectivity index (χ1) is 7.24. The van der Waals surface area contributed by atoms with Gasteiger partial charge in [-0.25, -0.2) is 13.5 Å². The molecule has 0 N–H and O–H groups in total. The Balaban J connectivity index is 2.33. The van der Waals surface area contributed by atoms with Crippen LogP contribution in [0.2, 0.25) is 0 Å². The van der Waals surface area contributed by atoms with Gasteiger partial charge >= 0.3 is 0 Å². The van der Waals surface area contributed by atoms with Gasteiger partial charge in [0.15, 0.2) is 0 Å². The van der Waals surface area contributed by atoms with E-state index in [0.29, 0.717) is 0 Å². The van der Waals surface area contributed by atoms with Crippen molar-refractivity contribution in [1.29, 1.82) is 0 Å². The zero-order valence-electron chi connectivity index (χ0n) is 8.17. The summed E-state index contributed by atoms with van der Waals surface area (Å²) < 4.78 is 27.0. The Morgan fingerprint density at radius 3 is 2.60 bits per heavy atom. The minimum Gasteiger partial charge on any atom is -0.240 e. The second-order valence-electron chi connectivity index (χ2n) is 3.74. The van der Waals surface area contributed by atoms with Crippen LogP contribution in [-0.2, 0) is 5.88 Å². The van der Waals surface area contributed by atoms with Crippen LogP contribution in [0, 0.1) is 0 Å². The van der Waals surface area contributed by atoms with Crippen molar-refractivity contribution in [2.45, 2.75) is 44.0 Å². The highest BCUT2D eigenvalue weighted by molar-refractivity contribution is 6.16. The molecule has 0 saturated heterocycles. The first-order valence-electron chi connectivity index (χ1n) is 5.02. The second kappa shape index (κ2) is 4.43. The monoisotopic (exact) mass is 235 g/mol. The van der Waals surface area contributed by atoms with Crippen molar-refractivity contribution in [2.24, 2.45) is 0 Å². The van der Waals surface area contributed by atoms with E-state index in [-0.39, 0.29) is 23.3 Å². The van der Waals surface area contributed by atoms with E-state index in [1.165, 1.54) is 4.68 Å². The summed E-state index contributed by atoms with van der Waals surface area (Å²) in [5, 5.41) is 7.49. The molecule has 1 heterocycles. The van der Waals surface area contributed by atoms with E-state index in [9.17, 15) is 8.78 Å². The minimum atomic E-state index is -2.55. The fraction of sp³-hybridized carbons (Fsp3) is 0.778. The predicted molar refractivity (Wildman–Crippen MR) is 52.0 cm³/mol. The molecule has 0 atom stereocenters. The number of rotatable bonds is 3. The van der Waals surface area contributed by atoms with E-state index in [0.717, 1.165) is 25.7 Å². The van der Waals surface area contributed by atoms with Gasteiger partial charge in [-0.2, -0.15) is 0 Å². The average Bonchev–Trinajstić information content (AvgIpc) is 2.85. The lowest BCUT2D eigenvalue weighted by Gasteiger charge is -2.12. The standard InChI is InChI=1S/C9H12ClF2N3/c10-5-7-8(9(11)12)15(14-13-7)6-3-1-2-4-6/h6,9H,1-5H2. The summed E-state index contributed by atoms with van der Waals surface area (Å²) in [5.74, 6) is -0.00755. The average molecular weight is 236 g/mol. The molecule has 0 amide bonds. The molecule has 0 bridgehead atoms. The molecule has 2 rings (SSSR count). The number of halogens is 3. The lowest BCUT2D eigenvalue weighted by Crippen LogP contribution is -2.11. The minimum absolute atomic E-state index is 0.00755. The molecule has 1 aromatic heterocycles. The van der Waals surface area contributed by atoms with Gasteiger partial charge in [-0.15, -0.1) is 16.7 Å². The summed E-state index contributed by atoms with van der Waals surface area (Å²) in [6.45, 7) is 0. The maximum atomic E-state index is 12.8. The molecule has 6 heteroatoms. The maximum Gasteiger partial charge on any atom is 0.281 e. The van der Waals surface area contributed by atoms with E-state index >= 15 is 0 Å². The first kappa shape index (κ1) is 10.8. The number of hydrogen-bond donors (Lipinski definition) is 0. The Hall–Kier alpha value is -0.710. The van der Waals surface area contributed by atoms with Crippen LogP contribution in [0.25, 0.3) is 0 Å². The van der Waals surface area contributed by atoms with Gasteiger partial charge in [0.25, 0.3) is 6.43 Å². The maximum absolute atomic E-state index is 12.8. The van der Waals surface area contributed by atoms with Crippen molar-refractivity contribution >= 4 is 11.6 Å². The van der Waals surface area contributed by atoms with Crippen LogP contribution in [0.4, 0.5) is 8.78 Å². The van der Waals surface area contributed by atoms with Crippen molar-refractivity contribution in [2.75, 3.05) is 0 Å². The summed E-state index contributed by atoms with van der Waals surface area (Å²) >= 11 is 5.55. The summed E-state index contributed by atoms with van der Waals surface area (Å²) in [6, 6.07) is 0.0819. The summed E-state index contributed by atoms with van der Waals surface area (Å²) in [6.07, 6.45) is 1.41. The van der Waals surface area contributed by atoms with Crippen LogP contribution in [-0.4, -0.2) is 15.0 Å². The fourth-order valence-corrected chi connectivity index (χ4v) is 2.26. The highest BCUT2D eigenvalue weighted by Crippen LogP contribution is 2.33. The van der Waals surface area contributed by atoms with Crippen molar-refractivity contribution in [3.63, 3.8) is 0 Å². The van der Waals surface area contributed by atoms with Crippen LogP contribution in [0.3, 0.4) is 0 Å². The highest BCUT2D eigenvalue weighted by Gasteiger charge is 2.27. The van der Waals surface area contributed by atoms with Crippen molar-refractivity contribution in [1.82, 2.24) is 15.0 Å². The second-order valence-corrected chi connectivity index (χ2v) is 4.01. The highest BCUT2D eigenvalue weighted by atomic mass is 35.5. The molecule has 0 aromatic carbocycles. The molecule has 1 fully saturated rings. The molecule has 0 aliphatic heterocycles. The van der Waals surface area contributed by atoms with Gasteiger partial charge in [0.2, 0.25) is 0 Å². The Morgan fingerprint density at radius 2 is 2.07 bits per heavy atom. The third kappa shape index (κ3) is 1.97. The van der Waals surface area contributed by atoms with Crippen molar-refractivity contribution < 1.29 is 8.78 Å². The Bertz CT molecular complexity index is 334. The van der Waals surface area contributed by atoms with E-state index < -0.39 is 6.43 Å². The molecule has 0 spiro atoms. The molecule has 84 valence electrons. The Kier molecular flexibility index (Phi) is 3.19. The summed E-state index contributed by atoms with van der Waals surface area (Å²) in [4.78, 5) is 0. The van der Waals surface area contributed by atoms with Crippen molar-refractivity contribution in [3.8, 4) is 0 Å². The van der Waals surface area contributed by atoms with Gasteiger partial charge in [0.05, 0.1) is 11.9 Å². The van der Waals surface area contributed by atoms with Crippen molar-refractivity contribution in [3.05, 3.63) is 11.4 Å². The van der Waals surface area contributed by atoms with E-state index in [1.807, 2.05) is 0 Å². The third-order valence-corrected chi connectivity index (χ3v) is 3.06. The summed E-state index contributed by atoms with van der Waals surface area (Å²) in [7, 11) is 0. The molecule has 15 heavy (non-hydrogen) atoms. The van der Waals surface area contributed by atoms with Crippen LogP contribution >= 0.6 is 11.6 Å². The SMILES string of the molecule is FC(F)c1c(CCl)nnn1C1CCCC1. The molecular weight excluding hydrogens is 224 g/mol. The van der Waals surface area contributed by atoms with Crippen LogP contribution in [0.1, 0.15) is 49.5 Å². The molecule has 1 saturated carbocycles. The van der Waals surface area contributed by atoms with Crippen LogP contribution in [0.15, 0.2) is 0 Å².